The number of aromatic nitrogens is 1. The van der Waals surface area contributed by atoms with Crippen molar-refractivity contribution in [2.75, 3.05) is 25.0 Å². The number of hydrogen-bond donors (Lipinski definition) is 3. The van der Waals surface area contributed by atoms with Gasteiger partial charge in [0.05, 0.1) is 15.2 Å². The first-order valence-corrected chi connectivity index (χ1v) is 13.4. The Morgan fingerprint density at radius 1 is 1.31 bits per heavy atom. The van der Waals surface area contributed by atoms with E-state index in [2.05, 4.69) is 20.9 Å². The van der Waals surface area contributed by atoms with Gasteiger partial charge in [-0.3, -0.25) is 5.32 Å². The van der Waals surface area contributed by atoms with Gasteiger partial charge in [-0.1, -0.05) is 41.0 Å². The molecule has 0 bridgehead atoms. The number of thiazole rings is 1. The molecule has 3 aromatic rings. The maximum atomic E-state index is 13.9. The zero-order valence-electron chi connectivity index (χ0n) is 19.5. The Morgan fingerprint density at radius 3 is 3.03 bits per heavy atom. The third-order valence-corrected chi connectivity index (χ3v) is 7.75. The summed E-state index contributed by atoms with van der Waals surface area (Å²) in [6.07, 6.45) is 5.30. The number of carbonyl (C=O) groups excluding carboxylic acids is 1. The van der Waals surface area contributed by atoms with Crippen molar-refractivity contribution in [3.63, 3.8) is 0 Å². The lowest BCUT2D eigenvalue weighted by Crippen LogP contribution is -2.30. The monoisotopic (exact) mass is 538 g/mol. The van der Waals surface area contributed by atoms with Crippen molar-refractivity contribution < 1.29 is 13.9 Å². The fourth-order valence-electron chi connectivity index (χ4n) is 4.28. The van der Waals surface area contributed by atoms with Crippen molar-refractivity contribution in [3.8, 4) is 5.75 Å². The summed E-state index contributed by atoms with van der Waals surface area (Å²) in [5.41, 5.74) is 1.14. The van der Waals surface area contributed by atoms with Gasteiger partial charge in [0, 0.05) is 17.1 Å². The second kappa shape index (κ2) is 12.2. The minimum absolute atomic E-state index is 0.0488. The molecule has 1 saturated heterocycles. The number of benzene rings is 2. The predicted octanol–water partition coefficient (Wildman–Crippen LogP) is 7.17. The molecule has 3 N–H and O–H groups in total. The van der Waals surface area contributed by atoms with Crippen molar-refractivity contribution >= 4 is 55.9 Å². The number of nitrogens with one attached hydrogen (secondary N) is 3. The first-order valence-electron chi connectivity index (χ1n) is 11.9. The molecule has 2 atom stereocenters. The number of rotatable bonds is 8. The van der Waals surface area contributed by atoms with Gasteiger partial charge < -0.3 is 15.4 Å². The summed E-state index contributed by atoms with van der Waals surface area (Å²) < 4.78 is 20.7. The third kappa shape index (κ3) is 6.97. The highest BCUT2D eigenvalue weighted by Gasteiger charge is 2.19. The Labute approximate surface area is 218 Å². The van der Waals surface area contributed by atoms with Gasteiger partial charge in [-0.15, -0.1) is 0 Å². The Bertz CT molecular complexity index is 1170. The van der Waals surface area contributed by atoms with E-state index in [-0.39, 0.29) is 11.1 Å². The van der Waals surface area contributed by atoms with Gasteiger partial charge in [0.25, 0.3) is 0 Å². The van der Waals surface area contributed by atoms with Gasteiger partial charge in [0.1, 0.15) is 17.7 Å². The Balaban J connectivity index is 1.30. The molecule has 1 aliphatic rings. The lowest BCUT2D eigenvalue weighted by atomic mass is 9.98. The molecule has 0 aliphatic carbocycles. The molecule has 1 aromatic heterocycles. The lowest BCUT2D eigenvalue weighted by Gasteiger charge is -2.18. The molecule has 0 radical (unpaired) electrons. The SMILES string of the molecule is CC(Oc1ccc2nc(NC(=O)NCCCC3CCCCNC3)sc2c1)c1c(Cl)ccc(F)c1Cl. The predicted molar refractivity (Wildman–Crippen MR) is 142 cm³/mol. The summed E-state index contributed by atoms with van der Waals surface area (Å²) in [6.45, 7) is 4.58. The number of ether oxygens (including phenoxy) is 1. The maximum Gasteiger partial charge on any atom is 0.321 e. The highest BCUT2D eigenvalue weighted by Crippen LogP contribution is 2.36. The topological polar surface area (TPSA) is 75.3 Å². The van der Waals surface area contributed by atoms with Crippen LogP contribution in [0.2, 0.25) is 10.0 Å². The molecule has 2 aromatic carbocycles. The van der Waals surface area contributed by atoms with Crippen LogP contribution >= 0.6 is 34.5 Å². The fraction of sp³-hybridized carbons (Fsp3) is 0.440. The Morgan fingerprint density at radius 2 is 2.17 bits per heavy atom. The van der Waals surface area contributed by atoms with Gasteiger partial charge in [0.2, 0.25) is 0 Å². The largest absolute Gasteiger partial charge is 0.486 e. The average molecular weight is 540 g/mol. The van der Waals surface area contributed by atoms with Crippen LogP contribution in [0, 0.1) is 11.7 Å². The van der Waals surface area contributed by atoms with Crippen molar-refractivity contribution in [2.45, 2.75) is 45.1 Å². The third-order valence-electron chi connectivity index (χ3n) is 6.10. The number of carbonyl (C=O) groups is 1. The van der Waals surface area contributed by atoms with E-state index in [4.69, 9.17) is 27.9 Å². The number of halogens is 3. The summed E-state index contributed by atoms with van der Waals surface area (Å²) in [4.78, 5) is 16.8. The highest BCUT2D eigenvalue weighted by atomic mass is 35.5. The minimum atomic E-state index is -0.562. The molecular formula is C25H29Cl2FN4O2S. The van der Waals surface area contributed by atoms with E-state index >= 15 is 0 Å². The molecule has 2 heterocycles. The Kier molecular flexibility index (Phi) is 9.05. The molecule has 4 rings (SSSR count). The molecule has 0 spiro atoms. The van der Waals surface area contributed by atoms with Crippen LogP contribution < -0.4 is 20.7 Å². The van der Waals surface area contributed by atoms with Crippen LogP contribution in [0.25, 0.3) is 10.2 Å². The normalized spacial score (nSPS) is 17.1. The van der Waals surface area contributed by atoms with Crippen molar-refractivity contribution in [1.82, 2.24) is 15.6 Å². The first-order chi connectivity index (χ1) is 16.9. The molecule has 6 nitrogen and oxygen atoms in total. The van der Waals surface area contributed by atoms with Crippen LogP contribution in [0.4, 0.5) is 14.3 Å². The molecule has 188 valence electrons. The van der Waals surface area contributed by atoms with Gasteiger partial charge in [-0.2, -0.15) is 0 Å². The minimum Gasteiger partial charge on any atom is -0.486 e. The van der Waals surface area contributed by atoms with Gasteiger partial charge in [-0.25, -0.2) is 14.2 Å². The number of fused-ring (bicyclic) bond motifs is 1. The van der Waals surface area contributed by atoms with Crippen molar-refractivity contribution in [3.05, 3.63) is 51.8 Å². The summed E-state index contributed by atoms with van der Waals surface area (Å²) in [7, 11) is 0. The molecule has 35 heavy (non-hydrogen) atoms. The van der Waals surface area contributed by atoms with Crippen LogP contribution in [0.15, 0.2) is 30.3 Å². The van der Waals surface area contributed by atoms with E-state index < -0.39 is 11.9 Å². The molecule has 1 aliphatic heterocycles. The quantitative estimate of drug-likeness (QED) is 0.210. The average Bonchev–Trinajstić information content (AvgIpc) is 3.03. The first kappa shape index (κ1) is 25.9. The van der Waals surface area contributed by atoms with E-state index in [0.717, 1.165) is 36.1 Å². The van der Waals surface area contributed by atoms with Crippen LogP contribution in [0.5, 0.6) is 5.75 Å². The number of anilines is 1. The van der Waals surface area contributed by atoms with Gasteiger partial charge in [0.15, 0.2) is 5.13 Å². The summed E-state index contributed by atoms with van der Waals surface area (Å²) in [6, 6.07) is 7.84. The van der Waals surface area contributed by atoms with Crippen molar-refractivity contribution in [1.29, 1.82) is 0 Å². The smallest absolute Gasteiger partial charge is 0.321 e. The molecule has 2 amide bonds. The molecule has 1 fully saturated rings. The summed E-state index contributed by atoms with van der Waals surface area (Å²) >= 11 is 13.7. The standard InChI is InChI=1S/C25H29Cl2FN4O2S/c1-15(22-18(26)8-9-19(28)23(22)27)34-17-7-10-20-21(13-17)35-25(31-20)32-24(33)30-12-4-6-16-5-2-3-11-29-14-16/h7-10,13,15-16,29H,2-6,11-12,14H2,1H3,(H2,30,31,32,33). The van der Waals surface area contributed by atoms with Crippen molar-refractivity contribution in [2.24, 2.45) is 5.92 Å². The van der Waals surface area contributed by atoms with E-state index in [1.807, 2.05) is 12.1 Å². The number of nitrogens with zero attached hydrogens (tertiary/aromatic N) is 1. The zero-order chi connectivity index (χ0) is 24.8. The van der Waals surface area contributed by atoms with Gasteiger partial charge >= 0.3 is 6.03 Å². The molecule has 10 heteroatoms. The van der Waals surface area contributed by atoms with E-state index in [1.54, 1.807) is 13.0 Å². The van der Waals surface area contributed by atoms with Crippen LogP contribution in [0.3, 0.4) is 0 Å². The number of urea groups is 1. The summed E-state index contributed by atoms with van der Waals surface area (Å²) in [5, 5.41) is 10.0. The van der Waals surface area contributed by atoms with Gasteiger partial charge in [-0.05, 0) is 81.9 Å². The summed E-state index contributed by atoms with van der Waals surface area (Å²) in [5.74, 6) is 0.711. The fourth-order valence-corrected chi connectivity index (χ4v) is 5.85. The molecule has 0 saturated carbocycles. The van der Waals surface area contributed by atoms with Crippen LogP contribution in [-0.2, 0) is 0 Å². The lowest BCUT2D eigenvalue weighted by molar-refractivity contribution is 0.227. The van der Waals surface area contributed by atoms with E-state index in [9.17, 15) is 9.18 Å². The second-order valence-electron chi connectivity index (χ2n) is 8.75. The highest BCUT2D eigenvalue weighted by molar-refractivity contribution is 7.22. The number of hydrogen-bond acceptors (Lipinski definition) is 5. The second-order valence-corrected chi connectivity index (χ2v) is 10.6. The number of amides is 2. The van der Waals surface area contributed by atoms with Crippen LogP contribution in [-0.4, -0.2) is 30.6 Å². The van der Waals surface area contributed by atoms with E-state index in [0.29, 0.717) is 33.9 Å². The Hall–Kier alpha value is -2.13. The van der Waals surface area contributed by atoms with E-state index in [1.165, 1.54) is 42.7 Å². The van der Waals surface area contributed by atoms with Crippen LogP contribution in [0.1, 0.15) is 50.7 Å². The maximum absolute atomic E-state index is 13.9. The zero-order valence-corrected chi connectivity index (χ0v) is 21.8. The molecular weight excluding hydrogens is 510 g/mol. The molecule has 2 unspecified atom stereocenters.